The molecule has 6 heteroatoms. The Hall–Kier alpha value is -0.721. The topological polar surface area (TPSA) is 49.2 Å². The van der Waals surface area contributed by atoms with Crippen molar-refractivity contribution in [3.8, 4) is 0 Å². The Bertz CT molecular complexity index is 501. The molecule has 0 saturated heterocycles. The summed E-state index contributed by atoms with van der Waals surface area (Å²) in [5, 5.41) is 8.85. The molecule has 0 amide bonds. The van der Waals surface area contributed by atoms with Gasteiger partial charge in [0.25, 0.3) is 0 Å². The van der Waals surface area contributed by atoms with Gasteiger partial charge in [0.05, 0.1) is 0 Å². The van der Waals surface area contributed by atoms with Crippen LogP contribution in [0.3, 0.4) is 0 Å². The Balaban J connectivity index is 2.41. The van der Waals surface area contributed by atoms with Crippen LogP contribution in [-0.4, -0.2) is 33.4 Å². The van der Waals surface area contributed by atoms with Gasteiger partial charge in [-0.25, -0.2) is 0 Å². The van der Waals surface area contributed by atoms with E-state index in [0.29, 0.717) is 0 Å². The van der Waals surface area contributed by atoms with E-state index in [2.05, 4.69) is 42.8 Å². The predicted octanol–water partition coefficient (Wildman–Crippen LogP) is 4.39. The van der Waals surface area contributed by atoms with Gasteiger partial charge in [0.1, 0.15) is 0 Å². The van der Waals surface area contributed by atoms with Gasteiger partial charge in [0.15, 0.2) is 0 Å². The zero-order valence-corrected chi connectivity index (χ0v) is 18.6. The summed E-state index contributed by atoms with van der Waals surface area (Å²) in [4.78, 5) is 0. The van der Waals surface area contributed by atoms with Crippen molar-refractivity contribution < 1.29 is 9.47 Å². The molecule has 0 saturated carbocycles. The van der Waals surface area contributed by atoms with E-state index in [-0.39, 0.29) is 0 Å². The van der Waals surface area contributed by atoms with E-state index >= 15 is 0 Å². The Kier molecular flexibility index (Phi) is 7.91. The molecule has 1 aromatic heterocycles. The van der Waals surface area contributed by atoms with Gasteiger partial charge in [-0.1, -0.05) is 0 Å². The fraction of sp³-hybridized carbons (Fsp3) is 0.778. The van der Waals surface area contributed by atoms with Crippen LogP contribution in [0.1, 0.15) is 71.3 Å². The van der Waals surface area contributed by atoms with Gasteiger partial charge in [0, 0.05) is 0 Å². The molecule has 136 valence electrons. The van der Waals surface area contributed by atoms with Crippen molar-refractivity contribution in [1.82, 2.24) is 15.0 Å². The van der Waals surface area contributed by atoms with E-state index in [9.17, 15) is 0 Å². The predicted molar refractivity (Wildman–Crippen MR) is 99.6 cm³/mol. The first-order valence-electron chi connectivity index (χ1n) is 9.54. The SMILES string of the molecule is CCC[CH2][Sn]([CH2]CCC)([CH2]CCC)[c]1c(C2OC=CO2)nnn1C. The fourth-order valence-corrected chi connectivity index (χ4v) is 20.9. The van der Waals surface area contributed by atoms with Gasteiger partial charge >= 0.3 is 151 Å². The van der Waals surface area contributed by atoms with Crippen LogP contribution in [-0.2, 0) is 16.5 Å². The second-order valence-electron chi connectivity index (χ2n) is 6.91. The number of hydrogen-bond acceptors (Lipinski definition) is 4. The maximum atomic E-state index is 5.62. The maximum absolute atomic E-state index is 5.62. The minimum atomic E-state index is -2.61. The van der Waals surface area contributed by atoms with Crippen LogP contribution in [0, 0.1) is 0 Å². The molecular formula is C18H33N3O2Sn. The Morgan fingerprint density at radius 2 is 1.46 bits per heavy atom. The summed E-state index contributed by atoms with van der Waals surface area (Å²) in [7, 11) is 2.06. The van der Waals surface area contributed by atoms with Crippen LogP contribution in [0.15, 0.2) is 12.5 Å². The number of unbranched alkanes of at least 4 members (excludes halogenated alkanes) is 3. The monoisotopic (exact) mass is 443 g/mol. The molecule has 0 fully saturated rings. The van der Waals surface area contributed by atoms with Crippen molar-refractivity contribution in [2.24, 2.45) is 7.05 Å². The number of aromatic nitrogens is 3. The summed E-state index contributed by atoms with van der Waals surface area (Å²) in [5.74, 6) is 0. The first-order chi connectivity index (χ1) is 11.7. The van der Waals surface area contributed by atoms with Crippen molar-refractivity contribution in [1.29, 1.82) is 0 Å². The van der Waals surface area contributed by atoms with Crippen LogP contribution in [0.4, 0.5) is 0 Å². The Labute approximate surface area is 150 Å². The van der Waals surface area contributed by atoms with E-state index in [0.717, 1.165) is 5.69 Å². The number of hydrogen-bond donors (Lipinski definition) is 0. The van der Waals surface area contributed by atoms with Gasteiger partial charge in [-0.05, 0) is 0 Å². The van der Waals surface area contributed by atoms with E-state index in [1.807, 2.05) is 0 Å². The molecule has 5 nitrogen and oxygen atoms in total. The average Bonchev–Trinajstić information content (AvgIpc) is 3.24. The molecule has 0 atom stereocenters. The Morgan fingerprint density at radius 1 is 0.958 bits per heavy atom. The van der Waals surface area contributed by atoms with E-state index in [1.165, 1.54) is 55.5 Å². The third kappa shape index (κ3) is 4.46. The molecule has 1 aliphatic rings. The molecule has 2 rings (SSSR count). The zero-order chi connectivity index (χ0) is 17.4. The van der Waals surface area contributed by atoms with Crippen molar-refractivity contribution in [3.63, 3.8) is 0 Å². The standard InChI is InChI=1S/C6H6N3O2.3C4H9.Sn/c1-9-4-5(7-8-9)6-10-2-3-11-6;3*1-3-4-2;/h2-3,6H,1H3;3*1,3-4H2,2H3;. The summed E-state index contributed by atoms with van der Waals surface area (Å²) in [6, 6.07) is 0. The van der Waals surface area contributed by atoms with Crippen molar-refractivity contribution in [2.45, 2.75) is 78.9 Å². The molecule has 0 bridgehead atoms. The second kappa shape index (κ2) is 9.68. The summed E-state index contributed by atoms with van der Waals surface area (Å²) < 4.78 is 18.9. The third-order valence-electron chi connectivity index (χ3n) is 5.06. The summed E-state index contributed by atoms with van der Waals surface area (Å²) in [5.41, 5.74) is 0.946. The summed E-state index contributed by atoms with van der Waals surface area (Å²) >= 11 is -2.61. The first kappa shape index (κ1) is 19.6. The molecule has 0 aromatic carbocycles. The number of rotatable bonds is 11. The molecular weight excluding hydrogens is 409 g/mol. The summed E-state index contributed by atoms with van der Waals surface area (Å²) in [6.45, 7) is 6.89. The minimum absolute atomic E-state index is 0.394. The van der Waals surface area contributed by atoms with Crippen molar-refractivity contribution >= 4 is 22.1 Å². The van der Waals surface area contributed by atoms with E-state index in [4.69, 9.17) is 9.47 Å². The summed E-state index contributed by atoms with van der Waals surface area (Å²) in [6.07, 6.45) is 10.6. The second-order valence-corrected chi connectivity index (χ2v) is 19.9. The van der Waals surface area contributed by atoms with Crippen LogP contribution in [0.2, 0.25) is 13.3 Å². The molecule has 2 heterocycles. The average molecular weight is 442 g/mol. The number of aryl methyl sites for hydroxylation is 1. The van der Waals surface area contributed by atoms with Gasteiger partial charge in [0.2, 0.25) is 0 Å². The van der Waals surface area contributed by atoms with Gasteiger partial charge in [-0.3, -0.25) is 0 Å². The zero-order valence-electron chi connectivity index (χ0n) is 15.8. The van der Waals surface area contributed by atoms with Crippen molar-refractivity contribution in [3.05, 3.63) is 18.2 Å². The molecule has 24 heavy (non-hydrogen) atoms. The van der Waals surface area contributed by atoms with Gasteiger partial charge in [-0.15, -0.1) is 0 Å². The van der Waals surface area contributed by atoms with Crippen LogP contribution >= 0.6 is 0 Å². The molecule has 1 aromatic rings. The fourth-order valence-electron chi connectivity index (χ4n) is 3.79. The molecule has 1 aliphatic heterocycles. The van der Waals surface area contributed by atoms with Crippen LogP contribution in [0.5, 0.6) is 0 Å². The van der Waals surface area contributed by atoms with Crippen molar-refractivity contribution in [2.75, 3.05) is 0 Å². The Morgan fingerprint density at radius 3 is 1.92 bits per heavy atom. The first-order valence-corrected chi connectivity index (χ1v) is 17.0. The molecule has 0 radical (unpaired) electrons. The number of nitrogens with zero attached hydrogens (tertiary/aromatic N) is 3. The molecule has 0 unspecified atom stereocenters. The molecule has 0 N–H and O–H groups in total. The van der Waals surface area contributed by atoms with Gasteiger partial charge in [-0.2, -0.15) is 0 Å². The van der Waals surface area contributed by atoms with Gasteiger partial charge < -0.3 is 0 Å². The van der Waals surface area contributed by atoms with E-state index < -0.39 is 24.7 Å². The third-order valence-corrected chi connectivity index (χ3v) is 20.8. The number of ether oxygens (including phenoxy) is 2. The molecule has 0 spiro atoms. The quantitative estimate of drug-likeness (QED) is 0.478. The van der Waals surface area contributed by atoms with E-state index in [1.54, 1.807) is 12.5 Å². The normalized spacial score (nSPS) is 14.8. The van der Waals surface area contributed by atoms with Crippen LogP contribution < -0.4 is 3.71 Å². The van der Waals surface area contributed by atoms with Crippen LogP contribution in [0.25, 0.3) is 0 Å². The molecule has 0 aliphatic carbocycles.